The van der Waals surface area contributed by atoms with E-state index >= 15 is 0 Å². The highest BCUT2D eigenvalue weighted by Gasteiger charge is 2.25. The minimum Gasteiger partial charge on any atom is -0.489 e. The van der Waals surface area contributed by atoms with Gasteiger partial charge in [-0.05, 0) is 55.0 Å². The third-order valence-electron chi connectivity index (χ3n) is 4.98. The van der Waals surface area contributed by atoms with Crippen molar-refractivity contribution in [3.8, 4) is 11.1 Å². The summed E-state index contributed by atoms with van der Waals surface area (Å²) in [7, 11) is 0. The van der Waals surface area contributed by atoms with Crippen LogP contribution in [0.15, 0.2) is 83.6 Å². The van der Waals surface area contributed by atoms with E-state index in [4.69, 9.17) is 10.5 Å². The monoisotopic (exact) mass is 406 g/mol. The molecular formula is C25H30N2OS. The van der Waals surface area contributed by atoms with Gasteiger partial charge in [-0.2, -0.15) is 0 Å². The fraction of sp³-hybridized carbons (Fsp3) is 0.320. The summed E-state index contributed by atoms with van der Waals surface area (Å²) in [6, 6.07) is 19.0. The van der Waals surface area contributed by atoms with Gasteiger partial charge in [-0.25, -0.2) is 0 Å². The molecule has 0 saturated heterocycles. The van der Waals surface area contributed by atoms with Crippen molar-refractivity contribution in [1.82, 2.24) is 0 Å². The molecule has 1 heterocycles. The lowest BCUT2D eigenvalue weighted by Crippen LogP contribution is -2.30. The van der Waals surface area contributed by atoms with Crippen molar-refractivity contribution in [1.29, 1.82) is 0 Å². The van der Waals surface area contributed by atoms with Gasteiger partial charge in [0, 0.05) is 5.75 Å². The second kappa shape index (κ2) is 10.4. The first-order valence-corrected chi connectivity index (χ1v) is 11.2. The van der Waals surface area contributed by atoms with Gasteiger partial charge < -0.3 is 10.5 Å². The molecule has 0 amide bonds. The highest BCUT2D eigenvalue weighted by Crippen LogP contribution is 2.29. The first kappa shape index (κ1) is 21.3. The van der Waals surface area contributed by atoms with Crippen molar-refractivity contribution in [3.05, 3.63) is 84.1 Å². The lowest BCUT2D eigenvalue weighted by atomic mass is 9.95. The van der Waals surface area contributed by atoms with E-state index in [1.165, 1.54) is 11.1 Å². The van der Waals surface area contributed by atoms with Crippen LogP contribution in [0.25, 0.3) is 11.1 Å². The lowest BCUT2D eigenvalue weighted by Gasteiger charge is -2.27. The standard InChI is InChI=1S/C25H30N2OS/c1-3-8-23(11-7-16-25(2)17-18-29-24(26)27-25)28-19-20-12-14-22(15-13-20)21-9-5-4-6-10-21/h4-15H,3,16-19H2,1-2H3,(H2,26,27)/b11-7-,23-8+. The van der Waals surface area contributed by atoms with Crippen LogP contribution in [0.2, 0.25) is 0 Å². The zero-order valence-electron chi connectivity index (χ0n) is 17.3. The number of aliphatic imine (C=N–C) groups is 1. The number of rotatable bonds is 8. The molecule has 3 rings (SSSR count). The minimum atomic E-state index is -0.101. The van der Waals surface area contributed by atoms with Crippen molar-refractivity contribution in [2.75, 3.05) is 5.75 Å². The van der Waals surface area contributed by atoms with Crippen LogP contribution in [-0.4, -0.2) is 16.5 Å². The molecule has 152 valence electrons. The van der Waals surface area contributed by atoms with Gasteiger partial charge >= 0.3 is 0 Å². The molecular weight excluding hydrogens is 376 g/mol. The topological polar surface area (TPSA) is 47.6 Å². The average molecular weight is 407 g/mol. The Kier molecular flexibility index (Phi) is 7.59. The molecule has 2 aromatic carbocycles. The Bertz CT molecular complexity index is 871. The number of hydrogen-bond acceptors (Lipinski definition) is 4. The second-order valence-corrected chi connectivity index (χ2v) is 8.63. The third-order valence-corrected chi connectivity index (χ3v) is 5.78. The first-order chi connectivity index (χ1) is 14.1. The number of benzene rings is 2. The fourth-order valence-electron chi connectivity index (χ4n) is 3.27. The summed E-state index contributed by atoms with van der Waals surface area (Å²) in [5, 5.41) is 0.701. The van der Waals surface area contributed by atoms with E-state index in [0.29, 0.717) is 11.8 Å². The number of hydrogen-bond donors (Lipinski definition) is 1. The largest absolute Gasteiger partial charge is 0.489 e. The Morgan fingerprint density at radius 3 is 2.55 bits per heavy atom. The average Bonchev–Trinajstić information content (AvgIpc) is 2.73. The number of nitrogens with two attached hydrogens (primary N) is 1. The molecule has 1 unspecified atom stereocenters. The van der Waals surface area contributed by atoms with Gasteiger partial charge in [-0.1, -0.05) is 79.4 Å². The van der Waals surface area contributed by atoms with E-state index in [-0.39, 0.29) is 5.54 Å². The number of nitrogens with zero attached hydrogens (tertiary/aromatic N) is 1. The van der Waals surface area contributed by atoms with Crippen molar-refractivity contribution in [3.63, 3.8) is 0 Å². The molecule has 0 saturated carbocycles. The van der Waals surface area contributed by atoms with Crippen LogP contribution in [0.5, 0.6) is 0 Å². The van der Waals surface area contributed by atoms with E-state index in [1.807, 2.05) is 6.07 Å². The lowest BCUT2D eigenvalue weighted by molar-refractivity contribution is 0.210. The van der Waals surface area contributed by atoms with Gasteiger partial charge in [0.05, 0.1) is 5.54 Å². The summed E-state index contributed by atoms with van der Waals surface area (Å²) < 4.78 is 6.07. The van der Waals surface area contributed by atoms with E-state index in [2.05, 4.69) is 85.6 Å². The quantitative estimate of drug-likeness (QED) is 0.412. The normalized spacial score (nSPS) is 19.9. The van der Waals surface area contributed by atoms with Crippen molar-refractivity contribution >= 4 is 16.9 Å². The Balaban J connectivity index is 1.57. The zero-order valence-corrected chi connectivity index (χ0v) is 18.1. The first-order valence-electron chi connectivity index (χ1n) is 10.2. The molecule has 0 aliphatic carbocycles. The molecule has 0 radical (unpaired) electrons. The van der Waals surface area contributed by atoms with E-state index in [9.17, 15) is 0 Å². The van der Waals surface area contributed by atoms with E-state index < -0.39 is 0 Å². The number of allylic oxidation sites excluding steroid dienone is 2. The molecule has 3 nitrogen and oxygen atoms in total. The van der Waals surface area contributed by atoms with Gasteiger partial charge in [-0.3, -0.25) is 4.99 Å². The summed E-state index contributed by atoms with van der Waals surface area (Å²) in [5.41, 5.74) is 9.41. The summed E-state index contributed by atoms with van der Waals surface area (Å²) in [4.78, 5) is 4.63. The van der Waals surface area contributed by atoms with Crippen LogP contribution in [0.1, 0.15) is 38.7 Å². The predicted molar refractivity (Wildman–Crippen MR) is 126 cm³/mol. The molecule has 1 atom stereocenters. The molecule has 0 spiro atoms. The molecule has 1 aliphatic rings. The SMILES string of the molecule is CC/C=C(\C=C/CC1(C)CCSC(N)=N1)OCc1ccc(-c2ccccc2)cc1. The van der Waals surface area contributed by atoms with Crippen LogP contribution in [0, 0.1) is 0 Å². The van der Waals surface area contributed by atoms with Gasteiger partial charge in [0.2, 0.25) is 0 Å². The number of amidine groups is 1. The van der Waals surface area contributed by atoms with Crippen LogP contribution in [0.3, 0.4) is 0 Å². The summed E-state index contributed by atoms with van der Waals surface area (Å²) in [6.07, 6.45) is 9.19. The minimum absolute atomic E-state index is 0.101. The van der Waals surface area contributed by atoms with E-state index in [0.717, 1.165) is 36.3 Å². The molecule has 1 aliphatic heterocycles. The number of ether oxygens (including phenoxy) is 1. The summed E-state index contributed by atoms with van der Waals surface area (Å²) >= 11 is 1.64. The fourth-order valence-corrected chi connectivity index (χ4v) is 4.31. The molecule has 0 fully saturated rings. The zero-order chi connectivity index (χ0) is 20.5. The van der Waals surface area contributed by atoms with Crippen molar-refractivity contribution in [2.24, 2.45) is 10.7 Å². The Morgan fingerprint density at radius 1 is 1.14 bits per heavy atom. The van der Waals surface area contributed by atoms with Gasteiger partial charge in [0.1, 0.15) is 12.4 Å². The van der Waals surface area contributed by atoms with Crippen molar-refractivity contribution in [2.45, 2.75) is 45.3 Å². The molecule has 2 aromatic rings. The van der Waals surface area contributed by atoms with Crippen LogP contribution >= 0.6 is 11.8 Å². The van der Waals surface area contributed by atoms with Gasteiger partial charge in [-0.15, -0.1) is 0 Å². The highest BCUT2D eigenvalue weighted by molar-refractivity contribution is 8.13. The maximum atomic E-state index is 6.07. The molecule has 0 aromatic heterocycles. The van der Waals surface area contributed by atoms with Crippen LogP contribution in [0.4, 0.5) is 0 Å². The molecule has 2 N–H and O–H groups in total. The van der Waals surface area contributed by atoms with Gasteiger partial charge in [0.15, 0.2) is 5.17 Å². The Morgan fingerprint density at radius 2 is 1.86 bits per heavy atom. The van der Waals surface area contributed by atoms with Crippen molar-refractivity contribution < 1.29 is 4.74 Å². The van der Waals surface area contributed by atoms with E-state index in [1.54, 1.807) is 11.8 Å². The Hall–Kier alpha value is -2.46. The predicted octanol–water partition coefficient (Wildman–Crippen LogP) is 6.32. The van der Waals surface area contributed by atoms with Crippen LogP contribution < -0.4 is 5.73 Å². The summed E-state index contributed by atoms with van der Waals surface area (Å²) in [5.74, 6) is 1.94. The number of thioether (sulfide) groups is 1. The second-order valence-electron chi connectivity index (χ2n) is 7.52. The maximum absolute atomic E-state index is 6.07. The van der Waals surface area contributed by atoms with Gasteiger partial charge in [0.25, 0.3) is 0 Å². The molecule has 29 heavy (non-hydrogen) atoms. The maximum Gasteiger partial charge on any atom is 0.154 e. The third kappa shape index (κ3) is 6.53. The van der Waals surface area contributed by atoms with Crippen LogP contribution in [-0.2, 0) is 11.3 Å². The smallest absolute Gasteiger partial charge is 0.154 e. The Labute approximate surface area is 178 Å². The molecule has 4 heteroatoms. The highest BCUT2D eigenvalue weighted by atomic mass is 32.2. The molecule has 0 bridgehead atoms. The summed E-state index contributed by atoms with van der Waals surface area (Å²) in [6.45, 7) is 4.85.